The third kappa shape index (κ3) is 4.95. The summed E-state index contributed by atoms with van der Waals surface area (Å²) >= 11 is 0. The maximum absolute atomic E-state index is 12.8. The molecule has 3 rings (SSSR count). The van der Waals surface area contributed by atoms with Gasteiger partial charge in [0, 0.05) is 24.0 Å². The van der Waals surface area contributed by atoms with Gasteiger partial charge in [0.25, 0.3) is 5.91 Å². The minimum atomic E-state index is -1.68. The average Bonchev–Trinajstić information content (AvgIpc) is 2.79. The third-order valence-electron chi connectivity index (χ3n) is 5.26. The summed E-state index contributed by atoms with van der Waals surface area (Å²) in [6, 6.07) is 22.2. The summed E-state index contributed by atoms with van der Waals surface area (Å²) in [5, 5.41) is 23.1. The molecule has 0 aromatic heterocycles. The van der Waals surface area contributed by atoms with Crippen molar-refractivity contribution in [3.8, 4) is 17.2 Å². The van der Waals surface area contributed by atoms with E-state index in [2.05, 4.69) is 16.2 Å². The highest BCUT2D eigenvalue weighted by Gasteiger charge is 2.32. The lowest BCUT2D eigenvalue weighted by molar-refractivity contribution is -0.131. The van der Waals surface area contributed by atoms with Crippen molar-refractivity contribution in [2.24, 2.45) is 0 Å². The minimum Gasteiger partial charge on any atom is -0.378 e. The molecule has 0 spiro atoms. The number of anilines is 2. The molecule has 0 saturated heterocycles. The molecule has 0 aliphatic heterocycles. The van der Waals surface area contributed by atoms with Crippen molar-refractivity contribution in [2.75, 3.05) is 23.8 Å². The number of benzene rings is 3. The number of carbonyl (C=O) groups is 1. The Hall–Kier alpha value is -4.13. The molecule has 0 bridgehead atoms. The maximum atomic E-state index is 12.8. The molecule has 1 atom stereocenters. The number of aliphatic hydroxyl groups is 1. The fourth-order valence-electron chi connectivity index (χ4n) is 3.47. The molecule has 6 heteroatoms. The van der Waals surface area contributed by atoms with Crippen LogP contribution < -0.4 is 10.2 Å². The van der Waals surface area contributed by atoms with Gasteiger partial charge in [-0.25, -0.2) is 4.85 Å². The molecule has 0 heterocycles. The fourth-order valence-corrected chi connectivity index (χ4v) is 3.47. The van der Waals surface area contributed by atoms with E-state index in [4.69, 9.17) is 6.57 Å². The van der Waals surface area contributed by atoms with E-state index in [1.165, 1.54) is 6.92 Å². The second-order valence-electron chi connectivity index (χ2n) is 7.90. The number of amides is 1. The van der Waals surface area contributed by atoms with Crippen LogP contribution in [-0.2, 0) is 4.79 Å². The van der Waals surface area contributed by atoms with Gasteiger partial charge in [-0.1, -0.05) is 36.4 Å². The molecular weight excluding hydrogens is 400 g/mol. The first-order chi connectivity index (χ1) is 15.2. The van der Waals surface area contributed by atoms with Crippen LogP contribution in [0.1, 0.15) is 18.1 Å². The molecule has 160 valence electrons. The van der Waals surface area contributed by atoms with Gasteiger partial charge >= 0.3 is 0 Å². The largest absolute Gasteiger partial charge is 0.378 e. The Balaban J connectivity index is 1.79. The zero-order valence-corrected chi connectivity index (χ0v) is 18.3. The van der Waals surface area contributed by atoms with Crippen molar-refractivity contribution in [2.45, 2.75) is 19.4 Å². The number of hydrogen-bond acceptors (Lipinski definition) is 4. The highest BCUT2D eigenvalue weighted by molar-refractivity contribution is 5.97. The summed E-state index contributed by atoms with van der Waals surface area (Å²) in [6.45, 7) is 10.4. The van der Waals surface area contributed by atoms with E-state index in [0.717, 1.165) is 22.4 Å². The van der Waals surface area contributed by atoms with Crippen molar-refractivity contribution < 1.29 is 9.90 Å². The number of aryl methyl sites for hydroxylation is 1. The first-order valence-electron chi connectivity index (χ1n) is 10.1. The number of carbonyl (C=O) groups excluding carboxylic acids is 1. The molecule has 2 N–H and O–H groups in total. The Labute approximate surface area is 188 Å². The van der Waals surface area contributed by atoms with Crippen molar-refractivity contribution in [3.63, 3.8) is 0 Å². The number of nitrogens with one attached hydrogen (secondary N) is 1. The van der Waals surface area contributed by atoms with Gasteiger partial charge in [-0.05, 0) is 55.3 Å². The Bertz CT molecular complexity index is 1220. The molecule has 0 saturated carbocycles. The lowest BCUT2D eigenvalue weighted by atomic mass is 9.98. The van der Waals surface area contributed by atoms with Crippen LogP contribution in [0, 0.1) is 24.8 Å². The quantitative estimate of drug-likeness (QED) is 0.551. The second kappa shape index (κ2) is 9.34. The molecule has 3 aromatic rings. The molecule has 6 nitrogen and oxygen atoms in total. The smallest absolute Gasteiger partial charge is 0.257 e. The zero-order chi connectivity index (χ0) is 23.3. The summed E-state index contributed by atoms with van der Waals surface area (Å²) in [4.78, 5) is 18.0. The molecule has 0 aliphatic rings. The van der Waals surface area contributed by atoms with Crippen LogP contribution in [-0.4, -0.2) is 30.2 Å². The molecule has 1 amide bonds. The number of rotatable bonds is 6. The number of nitriles is 1. The van der Waals surface area contributed by atoms with Gasteiger partial charge in [0.2, 0.25) is 0 Å². The minimum absolute atomic E-state index is 0.0398. The Kier molecular flexibility index (Phi) is 6.59. The normalized spacial score (nSPS) is 12.2. The van der Waals surface area contributed by atoms with Crippen molar-refractivity contribution >= 4 is 23.0 Å². The number of nitrogens with zero attached hydrogens (tertiary/aromatic N) is 3. The topological polar surface area (TPSA) is 80.7 Å². The molecule has 3 aromatic carbocycles. The van der Waals surface area contributed by atoms with Gasteiger partial charge in [0.15, 0.2) is 11.3 Å². The van der Waals surface area contributed by atoms with E-state index >= 15 is 0 Å². The Morgan fingerprint density at radius 3 is 2.53 bits per heavy atom. The third-order valence-corrected chi connectivity index (χ3v) is 5.26. The van der Waals surface area contributed by atoms with Gasteiger partial charge in [-0.15, -0.1) is 0 Å². The second-order valence-corrected chi connectivity index (χ2v) is 7.90. The van der Waals surface area contributed by atoms with E-state index in [0.29, 0.717) is 16.9 Å². The van der Waals surface area contributed by atoms with E-state index < -0.39 is 11.5 Å². The summed E-state index contributed by atoms with van der Waals surface area (Å²) in [7, 11) is 1.78. The predicted molar refractivity (Wildman–Crippen MR) is 127 cm³/mol. The Morgan fingerprint density at radius 2 is 1.91 bits per heavy atom. The summed E-state index contributed by atoms with van der Waals surface area (Å²) in [6.07, 6.45) is 0. The molecule has 0 unspecified atom stereocenters. The lowest BCUT2D eigenvalue weighted by Crippen LogP contribution is -2.48. The standard InChI is InChI=1S/C26H24N4O2/c1-18-14-21(11-13-24(18)28-3)29-25(31)26(2,32)17-30(4)22-12-10-20(16-27)23(15-22)19-8-6-5-7-9-19/h5-15,32H,17H2,1-2,4H3,(H,29,31)/t26-/m0/s1. The molecule has 0 radical (unpaired) electrons. The van der Waals surface area contributed by atoms with Gasteiger partial charge < -0.3 is 15.3 Å². The predicted octanol–water partition coefficient (Wildman–Crippen LogP) is 4.91. The van der Waals surface area contributed by atoms with Gasteiger partial charge in [0.1, 0.15) is 0 Å². The van der Waals surface area contributed by atoms with Crippen molar-refractivity contribution in [1.82, 2.24) is 0 Å². The Morgan fingerprint density at radius 1 is 1.19 bits per heavy atom. The number of likely N-dealkylation sites (N-methyl/N-ethyl adjacent to an activating group) is 1. The molecule has 0 fully saturated rings. The summed E-state index contributed by atoms with van der Waals surface area (Å²) in [5.41, 5.74) is 3.14. The average molecular weight is 425 g/mol. The van der Waals surface area contributed by atoms with Crippen LogP contribution in [0.4, 0.5) is 17.1 Å². The van der Waals surface area contributed by atoms with Crippen molar-refractivity contribution in [1.29, 1.82) is 5.26 Å². The van der Waals surface area contributed by atoms with Gasteiger partial charge in [-0.3, -0.25) is 4.79 Å². The van der Waals surface area contributed by atoms with E-state index in [1.54, 1.807) is 49.2 Å². The highest BCUT2D eigenvalue weighted by Crippen LogP contribution is 2.29. The molecule has 32 heavy (non-hydrogen) atoms. The van der Waals surface area contributed by atoms with Crippen LogP contribution >= 0.6 is 0 Å². The first kappa shape index (κ1) is 22.6. The van der Waals surface area contributed by atoms with Gasteiger partial charge in [-0.2, -0.15) is 5.26 Å². The first-order valence-corrected chi connectivity index (χ1v) is 10.1. The van der Waals surface area contributed by atoms with E-state index in [1.807, 2.05) is 36.4 Å². The van der Waals surface area contributed by atoms with Crippen LogP contribution in [0.25, 0.3) is 16.0 Å². The van der Waals surface area contributed by atoms with Crippen LogP contribution in [0.3, 0.4) is 0 Å². The van der Waals surface area contributed by atoms with E-state index in [9.17, 15) is 15.2 Å². The van der Waals surface area contributed by atoms with Crippen molar-refractivity contribution in [3.05, 3.63) is 89.3 Å². The maximum Gasteiger partial charge on any atom is 0.257 e. The van der Waals surface area contributed by atoms with Crippen LogP contribution in [0.15, 0.2) is 66.7 Å². The monoisotopic (exact) mass is 424 g/mol. The SMILES string of the molecule is [C-]#[N+]c1ccc(NC(=O)[C@@](C)(O)CN(C)c2ccc(C#N)c(-c3ccccc3)c2)cc1C. The summed E-state index contributed by atoms with van der Waals surface area (Å²) in [5.74, 6) is -0.545. The summed E-state index contributed by atoms with van der Waals surface area (Å²) < 4.78 is 0. The van der Waals surface area contributed by atoms with E-state index in [-0.39, 0.29) is 6.54 Å². The fraction of sp³-hybridized carbons (Fsp3) is 0.192. The lowest BCUT2D eigenvalue weighted by Gasteiger charge is -2.30. The van der Waals surface area contributed by atoms with Crippen LogP contribution in [0.5, 0.6) is 0 Å². The highest BCUT2D eigenvalue weighted by atomic mass is 16.3. The zero-order valence-electron chi connectivity index (χ0n) is 18.3. The molecule has 0 aliphatic carbocycles. The van der Waals surface area contributed by atoms with Crippen LogP contribution in [0.2, 0.25) is 0 Å². The molecular formula is C26H24N4O2. The number of hydrogen-bond donors (Lipinski definition) is 2. The van der Waals surface area contributed by atoms with Gasteiger partial charge in [0.05, 0.1) is 24.7 Å².